The van der Waals surface area contributed by atoms with Crippen LogP contribution in [0.3, 0.4) is 0 Å². The number of carbonyl (C=O) groups is 1. The summed E-state index contributed by atoms with van der Waals surface area (Å²) in [5, 5.41) is 13.9. The summed E-state index contributed by atoms with van der Waals surface area (Å²) < 4.78 is 6.84. The Balaban J connectivity index is 1.45. The first kappa shape index (κ1) is 16.2. The molecule has 0 bridgehead atoms. The van der Waals surface area contributed by atoms with Crippen LogP contribution in [0.25, 0.3) is 5.69 Å². The van der Waals surface area contributed by atoms with Crippen LogP contribution in [0.4, 0.5) is 11.5 Å². The van der Waals surface area contributed by atoms with Gasteiger partial charge in [-0.3, -0.25) is 4.79 Å². The number of tetrazole rings is 1. The predicted octanol–water partition coefficient (Wildman–Crippen LogP) is 1.15. The van der Waals surface area contributed by atoms with Crippen LogP contribution in [0.2, 0.25) is 0 Å². The Morgan fingerprint density at radius 2 is 2.04 bits per heavy atom. The molecule has 0 radical (unpaired) electrons. The molecule has 1 aliphatic heterocycles. The van der Waals surface area contributed by atoms with E-state index in [0.717, 1.165) is 18.9 Å². The highest BCUT2D eigenvalue weighted by atomic mass is 16.5. The highest BCUT2D eigenvalue weighted by molar-refractivity contribution is 6.04. The third-order valence-corrected chi connectivity index (χ3v) is 4.06. The molecule has 132 valence electrons. The summed E-state index contributed by atoms with van der Waals surface area (Å²) in [6.07, 6.45) is 3.14. The molecular weight excluding hydrogens is 334 g/mol. The highest BCUT2D eigenvalue weighted by Gasteiger charge is 2.13. The predicted molar refractivity (Wildman–Crippen MR) is 94.4 cm³/mol. The zero-order valence-corrected chi connectivity index (χ0v) is 13.9. The summed E-state index contributed by atoms with van der Waals surface area (Å²) in [4.78, 5) is 19.1. The van der Waals surface area contributed by atoms with Gasteiger partial charge in [0.25, 0.3) is 5.91 Å². The van der Waals surface area contributed by atoms with Gasteiger partial charge in [-0.2, -0.15) is 0 Å². The van der Waals surface area contributed by atoms with Gasteiger partial charge in [-0.1, -0.05) is 6.07 Å². The van der Waals surface area contributed by atoms with Crippen molar-refractivity contribution in [1.82, 2.24) is 25.2 Å². The van der Waals surface area contributed by atoms with E-state index < -0.39 is 0 Å². The number of rotatable bonds is 4. The molecule has 9 nitrogen and oxygen atoms in total. The quantitative estimate of drug-likeness (QED) is 0.753. The van der Waals surface area contributed by atoms with E-state index >= 15 is 0 Å². The minimum absolute atomic E-state index is 0.221. The lowest BCUT2D eigenvalue weighted by molar-refractivity contribution is 0.102. The molecule has 2 aromatic heterocycles. The van der Waals surface area contributed by atoms with Crippen LogP contribution in [-0.4, -0.2) is 57.4 Å². The van der Waals surface area contributed by atoms with Gasteiger partial charge in [-0.25, -0.2) is 9.67 Å². The third-order valence-electron chi connectivity index (χ3n) is 4.06. The monoisotopic (exact) mass is 351 g/mol. The number of hydrogen-bond donors (Lipinski definition) is 1. The summed E-state index contributed by atoms with van der Waals surface area (Å²) in [6, 6.07) is 10.8. The van der Waals surface area contributed by atoms with Gasteiger partial charge in [0.05, 0.1) is 30.8 Å². The Hall–Kier alpha value is -3.33. The first-order valence-electron chi connectivity index (χ1n) is 8.23. The molecule has 0 spiro atoms. The van der Waals surface area contributed by atoms with Crippen LogP contribution in [0.1, 0.15) is 10.4 Å². The maximum Gasteiger partial charge on any atom is 0.255 e. The largest absolute Gasteiger partial charge is 0.378 e. The molecule has 1 N–H and O–H groups in total. The van der Waals surface area contributed by atoms with E-state index in [9.17, 15) is 4.79 Å². The zero-order valence-electron chi connectivity index (χ0n) is 13.9. The number of morpholine rings is 1. The number of nitrogens with zero attached hydrogens (tertiary/aromatic N) is 6. The second-order valence-electron chi connectivity index (χ2n) is 5.76. The molecule has 26 heavy (non-hydrogen) atoms. The van der Waals surface area contributed by atoms with Crippen molar-refractivity contribution in [3.63, 3.8) is 0 Å². The van der Waals surface area contributed by atoms with Crippen LogP contribution in [0, 0.1) is 0 Å². The zero-order chi connectivity index (χ0) is 17.8. The molecule has 1 aliphatic rings. The molecule has 3 heterocycles. The number of hydrogen-bond acceptors (Lipinski definition) is 7. The number of amides is 1. The lowest BCUT2D eigenvalue weighted by atomic mass is 10.2. The number of aromatic nitrogens is 5. The second kappa shape index (κ2) is 7.28. The van der Waals surface area contributed by atoms with E-state index in [2.05, 4.69) is 30.7 Å². The average molecular weight is 351 g/mol. The molecule has 9 heteroatoms. The fourth-order valence-electron chi connectivity index (χ4n) is 2.71. The maximum absolute atomic E-state index is 12.5. The first-order valence-corrected chi connectivity index (χ1v) is 8.23. The Labute approximate surface area is 149 Å². The Morgan fingerprint density at radius 3 is 2.77 bits per heavy atom. The van der Waals surface area contributed by atoms with Gasteiger partial charge in [-0.05, 0) is 40.8 Å². The van der Waals surface area contributed by atoms with E-state index in [4.69, 9.17) is 4.74 Å². The first-order chi connectivity index (χ1) is 12.8. The third kappa shape index (κ3) is 3.52. The van der Waals surface area contributed by atoms with Crippen molar-refractivity contribution < 1.29 is 9.53 Å². The highest BCUT2D eigenvalue weighted by Crippen LogP contribution is 2.17. The minimum atomic E-state index is -0.221. The Kier molecular flexibility index (Phi) is 4.52. The van der Waals surface area contributed by atoms with Gasteiger partial charge in [0.2, 0.25) is 0 Å². The van der Waals surface area contributed by atoms with E-state index in [-0.39, 0.29) is 5.91 Å². The van der Waals surface area contributed by atoms with E-state index in [1.165, 1.54) is 11.0 Å². The standard InChI is InChI=1S/C17H17N7O2/c25-17(13-2-1-3-15(10-13)24-12-19-21-22-24)20-14-4-5-16(18-11-14)23-6-8-26-9-7-23/h1-5,10-12H,6-9H2,(H,20,25). The molecular formula is C17H17N7O2. The molecule has 1 fully saturated rings. The van der Waals surface area contributed by atoms with Gasteiger partial charge in [0, 0.05) is 18.7 Å². The van der Waals surface area contributed by atoms with Gasteiger partial charge >= 0.3 is 0 Å². The summed E-state index contributed by atoms with van der Waals surface area (Å²) in [5.41, 5.74) is 1.86. The number of nitrogens with one attached hydrogen (secondary N) is 1. The van der Waals surface area contributed by atoms with Gasteiger partial charge in [0.15, 0.2) is 0 Å². The van der Waals surface area contributed by atoms with Crippen LogP contribution in [0.5, 0.6) is 0 Å². The minimum Gasteiger partial charge on any atom is -0.378 e. The molecule has 0 aliphatic carbocycles. The number of pyridine rings is 1. The van der Waals surface area contributed by atoms with E-state index in [0.29, 0.717) is 30.2 Å². The van der Waals surface area contributed by atoms with Crippen molar-refractivity contribution in [3.05, 3.63) is 54.5 Å². The number of anilines is 2. The van der Waals surface area contributed by atoms with Crippen LogP contribution >= 0.6 is 0 Å². The van der Waals surface area contributed by atoms with Crippen molar-refractivity contribution in [1.29, 1.82) is 0 Å². The Bertz CT molecular complexity index is 874. The van der Waals surface area contributed by atoms with Crippen molar-refractivity contribution in [2.24, 2.45) is 0 Å². The van der Waals surface area contributed by atoms with Crippen LogP contribution in [0.15, 0.2) is 48.9 Å². The average Bonchev–Trinajstić information content (AvgIpc) is 3.24. The van der Waals surface area contributed by atoms with Gasteiger partial charge < -0.3 is 15.0 Å². The summed E-state index contributed by atoms with van der Waals surface area (Å²) in [7, 11) is 0. The molecule has 3 aromatic rings. The van der Waals surface area contributed by atoms with Gasteiger partial charge in [-0.15, -0.1) is 5.10 Å². The lowest BCUT2D eigenvalue weighted by Crippen LogP contribution is -2.36. The molecule has 1 aromatic carbocycles. The van der Waals surface area contributed by atoms with Crippen molar-refractivity contribution in [3.8, 4) is 5.69 Å². The molecule has 0 unspecified atom stereocenters. The van der Waals surface area contributed by atoms with E-state index in [1.54, 1.807) is 24.4 Å². The summed E-state index contributed by atoms with van der Waals surface area (Å²) in [6.45, 7) is 3.06. The molecule has 1 amide bonds. The smallest absolute Gasteiger partial charge is 0.255 e. The van der Waals surface area contributed by atoms with Crippen LogP contribution in [-0.2, 0) is 4.74 Å². The lowest BCUT2D eigenvalue weighted by Gasteiger charge is -2.27. The fourth-order valence-corrected chi connectivity index (χ4v) is 2.71. The number of benzene rings is 1. The van der Waals surface area contributed by atoms with Gasteiger partial charge in [0.1, 0.15) is 12.1 Å². The van der Waals surface area contributed by atoms with Crippen molar-refractivity contribution in [2.75, 3.05) is 36.5 Å². The van der Waals surface area contributed by atoms with E-state index in [1.807, 2.05) is 18.2 Å². The fraction of sp³-hybridized carbons (Fsp3) is 0.235. The SMILES string of the molecule is O=C(Nc1ccc(N2CCOCC2)nc1)c1cccc(-n2cnnn2)c1. The van der Waals surface area contributed by atoms with Crippen molar-refractivity contribution in [2.45, 2.75) is 0 Å². The topological polar surface area (TPSA) is 98.1 Å². The summed E-state index contributed by atoms with van der Waals surface area (Å²) >= 11 is 0. The van der Waals surface area contributed by atoms with Crippen LogP contribution < -0.4 is 10.2 Å². The number of ether oxygens (including phenoxy) is 1. The molecule has 4 rings (SSSR count). The number of carbonyl (C=O) groups excluding carboxylic acids is 1. The van der Waals surface area contributed by atoms with Crippen molar-refractivity contribution >= 4 is 17.4 Å². The molecule has 0 atom stereocenters. The molecule has 0 saturated carbocycles. The normalized spacial score (nSPS) is 14.2. The second-order valence-corrected chi connectivity index (χ2v) is 5.76. The summed E-state index contributed by atoms with van der Waals surface area (Å²) in [5.74, 6) is 0.660. The molecule has 1 saturated heterocycles. The Morgan fingerprint density at radius 1 is 1.15 bits per heavy atom. The maximum atomic E-state index is 12.5.